The van der Waals surface area contributed by atoms with Gasteiger partial charge in [-0.1, -0.05) is 16.8 Å². The summed E-state index contributed by atoms with van der Waals surface area (Å²) >= 11 is 5.93. The minimum atomic E-state index is -0.381. The van der Waals surface area contributed by atoms with Crippen LogP contribution in [0.3, 0.4) is 0 Å². The van der Waals surface area contributed by atoms with Gasteiger partial charge in [-0.25, -0.2) is 0 Å². The van der Waals surface area contributed by atoms with Crippen molar-refractivity contribution in [1.29, 1.82) is 0 Å². The lowest BCUT2D eigenvalue weighted by atomic mass is 10.1. The molecule has 0 aliphatic rings. The Labute approximate surface area is 108 Å². The van der Waals surface area contributed by atoms with Gasteiger partial charge >= 0.3 is 0 Å². The summed E-state index contributed by atoms with van der Waals surface area (Å²) in [5.41, 5.74) is 6.39. The van der Waals surface area contributed by atoms with Crippen LogP contribution in [0.25, 0.3) is 0 Å². The summed E-state index contributed by atoms with van der Waals surface area (Å²) in [4.78, 5) is 12.0. The largest absolute Gasteiger partial charge is 0.399 e. The van der Waals surface area contributed by atoms with Crippen LogP contribution < -0.4 is 11.1 Å². The van der Waals surface area contributed by atoms with Crippen LogP contribution in [0.4, 0.5) is 5.69 Å². The molecule has 7 nitrogen and oxygen atoms in total. The van der Waals surface area contributed by atoms with Crippen LogP contribution >= 0.6 is 11.6 Å². The molecule has 0 spiro atoms. The lowest BCUT2D eigenvalue weighted by Gasteiger charge is -2.11. The van der Waals surface area contributed by atoms with Crippen LogP contribution in [-0.4, -0.2) is 26.5 Å². The smallest absolute Gasteiger partial charge is 0.253 e. The minimum Gasteiger partial charge on any atom is -0.399 e. The highest BCUT2D eigenvalue weighted by molar-refractivity contribution is 6.34. The molecule has 0 bridgehead atoms. The van der Waals surface area contributed by atoms with E-state index in [2.05, 4.69) is 25.9 Å². The van der Waals surface area contributed by atoms with Gasteiger partial charge in [-0.2, -0.15) is 5.21 Å². The lowest BCUT2D eigenvalue weighted by molar-refractivity contribution is 0.0938. The summed E-state index contributed by atoms with van der Waals surface area (Å²) in [6, 6.07) is 4.33. The van der Waals surface area contributed by atoms with E-state index in [1.807, 2.05) is 0 Å². The number of amides is 1. The molecular formula is C10H11ClN6O. The van der Waals surface area contributed by atoms with E-state index in [9.17, 15) is 4.79 Å². The van der Waals surface area contributed by atoms with Gasteiger partial charge in [0.1, 0.15) is 0 Å². The number of anilines is 1. The first kappa shape index (κ1) is 12.3. The molecule has 0 saturated heterocycles. The number of aromatic nitrogens is 4. The fourth-order valence-electron chi connectivity index (χ4n) is 1.41. The molecule has 1 atom stereocenters. The zero-order valence-electron chi connectivity index (χ0n) is 9.51. The summed E-state index contributed by atoms with van der Waals surface area (Å²) in [5.74, 6) is 0.0491. The van der Waals surface area contributed by atoms with Gasteiger partial charge in [0.05, 0.1) is 16.6 Å². The number of halogens is 1. The Morgan fingerprint density at radius 3 is 3.00 bits per heavy atom. The average Bonchev–Trinajstić information content (AvgIpc) is 2.85. The SMILES string of the molecule is CC(NC(=O)c1cc(N)ccc1Cl)c1nn[nH]n1. The number of carbonyl (C=O) groups is 1. The lowest BCUT2D eigenvalue weighted by Crippen LogP contribution is -2.27. The highest BCUT2D eigenvalue weighted by atomic mass is 35.5. The van der Waals surface area contributed by atoms with Gasteiger partial charge in [0, 0.05) is 5.69 Å². The van der Waals surface area contributed by atoms with Crippen molar-refractivity contribution in [2.24, 2.45) is 0 Å². The number of carbonyl (C=O) groups excluding carboxylic acids is 1. The van der Waals surface area contributed by atoms with E-state index >= 15 is 0 Å². The molecule has 2 aromatic rings. The molecule has 1 unspecified atom stereocenters. The monoisotopic (exact) mass is 266 g/mol. The number of hydrogen-bond acceptors (Lipinski definition) is 5. The number of tetrazole rings is 1. The van der Waals surface area contributed by atoms with E-state index in [0.29, 0.717) is 22.1 Å². The van der Waals surface area contributed by atoms with Gasteiger partial charge in [-0.3, -0.25) is 4.79 Å². The molecule has 8 heteroatoms. The number of nitrogen functional groups attached to an aromatic ring is 1. The fourth-order valence-corrected chi connectivity index (χ4v) is 1.61. The first-order chi connectivity index (χ1) is 8.58. The summed E-state index contributed by atoms with van der Waals surface area (Å²) in [5, 5.41) is 16.3. The average molecular weight is 267 g/mol. The molecule has 0 fully saturated rings. The molecular weight excluding hydrogens is 256 g/mol. The van der Waals surface area contributed by atoms with Gasteiger partial charge in [-0.05, 0) is 25.1 Å². The predicted molar refractivity (Wildman–Crippen MR) is 65.9 cm³/mol. The Hall–Kier alpha value is -2.15. The number of rotatable bonds is 3. The van der Waals surface area contributed by atoms with Crippen molar-refractivity contribution in [3.8, 4) is 0 Å². The maximum atomic E-state index is 12.0. The first-order valence-corrected chi connectivity index (χ1v) is 5.55. The number of benzene rings is 1. The highest BCUT2D eigenvalue weighted by Crippen LogP contribution is 2.19. The maximum absolute atomic E-state index is 12.0. The molecule has 18 heavy (non-hydrogen) atoms. The Balaban J connectivity index is 2.15. The number of hydrogen-bond donors (Lipinski definition) is 3. The molecule has 1 amide bonds. The minimum absolute atomic E-state index is 0.312. The fraction of sp³-hybridized carbons (Fsp3) is 0.200. The summed E-state index contributed by atoms with van der Waals surface area (Å²) < 4.78 is 0. The third-order valence-electron chi connectivity index (χ3n) is 2.33. The van der Waals surface area contributed by atoms with Crippen molar-refractivity contribution in [3.63, 3.8) is 0 Å². The second-order valence-corrected chi connectivity index (χ2v) is 4.11. The van der Waals surface area contributed by atoms with Gasteiger partial charge in [0.15, 0.2) is 5.82 Å². The van der Waals surface area contributed by atoms with Crippen molar-refractivity contribution >= 4 is 23.2 Å². The van der Waals surface area contributed by atoms with Crippen LogP contribution in [-0.2, 0) is 0 Å². The second kappa shape index (κ2) is 5.01. The van der Waals surface area contributed by atoms with Crippen LogP contribution in [0.5, 0.6) is 0 Å². The van der Waals surface area contributed by atoms with Crippen LogP contribution in [0.1, 0.15) is 29.1 Å². The van der Waals surface area contributed by atoms with Crippen molar-refractivity contribution < 1.29 is 4.79 Å². The van der Waals surface area contributed by atoms with E-state index < -0.39 is 0 Å². The standard InChI is InChI=1S/C10H11ClN6O/c1-5(9-14-16-17-15-9)13-10(18)7-4-6(12)2-3-8(7)11/h2-5H,12H2,1H3,(H,13,18)(H,14,15,16,17). The number of nitrogens with two attached hydrogens (primary N) is 1. The molecule has 0 saturated carbocycles. The number of nitrogens with zero attached hydrogens (tertiary/aromatic N) is 3. The number of aromatic amines is 1. The zero-order valence-corrected chi connectivity index (χ0v) is 10.3. The quantitative estimate of drug-likeness (QED) is 0.716. The van der Waals surface area contributed by atoms with Crippen molar-refractivity contribution in [3.05, 3.63) is 34.6 Å². The van der Waals surface area contributed by atoms with Crippen molar-refractivity contribution in [1.82, 2.24) is 25.9 Å². The molecule has 94 valence electrons. The number of H-pyrrole nitrogens is 1. The van der Waals surface area contributed by atoms with Gasteiger partial charge in [0.25, 0.3) is 5.91 Å². The van der Waals surface area contributed by atoms with Gasteiger partial charge < -0.3 is 11.1 Å². The Bertz CT molecular complexity index is 556. The van der Waals surface area contributed by atoms with E-state index in [-0.39, 0.29) is 11.9 Å². The summed E-state index contributed by atoms with van der Waals surface area (Å²) in [7, 11) is 0. The van der Waals surface area contributed by atoms with Crippen molar-refractivity contribution in [2.75, 3.05) is 5.73 Å². The molecule has 1 aromatic carbocycles. The Kier molecular flexibility index (Phi) is 3.42. The summed E-state index contributed by atoms with van der Waals surface area (Å²) in [6.45, 7) is 1.74. The van der Waals surface area contributed by atoms with Crippen LogP contribution in [0, 0.1) is 0 Å². The highest BCUT2D eigenvalue weighted by Gasteiger charge is 2.16. The topological polar surface area (TPSA) is 110 Å². The van der Waals surface area contributed by atoms with E-state index in [1.54, 1.807) is 19.1 Å². The molecule has 1 heterocycles. The van der Waals surface area contributed by atoms with Gasteiger partial charge in [-0.15, -0.1) is 10.2 Å². The normalized spacial score (nSPS) is 12.1. The van der Waals surface area contributed by atoms with Crippen LogP contribution in [0.2, 0.25) is 5.02 Å². The molecule has 0 radical (unpaired) electrons. The number of nitrogens with one attached hydrogen (secondary N) is 2. The maximum Gasteiger partial charge on any atom is 0.253 e. The van der Waals surface area contributed by atoms with E-state index in [0.717, 1.165) is 0 Å². The van der Waals surface area contributed by atoms with Crippen LogP contribution in [0.15, 0.2) is 18.2 Å². The Morgan fingerprint density at radius 1 is 1.56 bits per heavy atom. The molecule has 0 aliphatic heterocycles. The van der Waals surface area contributed by atoms with E-state index in [1.165, 1.54) is 6.07 Å². The summed E-state index contributed by atoms with van der Waals surface area (Å²) in [6.07, 6.45) is 0. The zero-order chi connectivity index (χ0) is 13.1. The third kappa shape index (κ3) is 2.57. The Morgan fingerprint density at radius 2 is 2.33 bits per heavy atom. The molecule has 1 aromatic heterocycles. The third-order valence-corrected chi connectivity index (χ3v) is 2.66. The first-order valence-electron chi connectivity index (χ1n) is 5.17. The van der Waals surface area contributed by atoms with Crippen molar-refractivity contribution in [2.45, 2.75) is 13.0 Å². The predicted octanol–water partition coefficient (Wildman–Crippen LogP) is 0.926. The molecule has 2 rings (SSSR count). The molecule has 0 aliphatic carbocycles. The molecule has 4 N–H and O–H groups in total. The van der Waals surface area contributed by atoms with Gasteiger partial charge in [0.2, 0.25) is 0 Å². The van der Waals surface area contributed by atoms with E-state index in [4.69, 9.17) is 17.3 Å². The second-order valence-electron chi connectivity index (χ2n) is 3.70.